The van der Waals surface area contributed by atoms with Crippen molar-refractivity contribution in [3.05, 3.63) is 51.2 Å². The number of hydrogen-bond donors (Lipinski definition) is 1. The van der Waals surface area contributed by atoms with Crippen molar-refractivity contribution in [1.82, 2.24) is 15.2 Å². The van der Waals surface area contributed by atoms with Crippen LogP contribution in [0.1, 0.15) is 17.0 Å². The van der Waals surface area contributed by atoms with Crippen molar-refractivity contribution in [1.29, 1.82) is 0 Å². The second kappa shape index (κ2) is 6.00. The zero-order valence-electron chi connectivity index (χ0n) is 11.1. The first-order chi connectivity index (χ1) is 8.42. The van der Waals surface area contributed by atoms with E-state index < -0.39 is 4.92 Å². The lowest BCUT2D eigenvalue weighted by atomic mass is 10.2. The molecule has 1 heterocycles. The average Bonchev–Trinajstić information content (AvgIpc) is 2.23. The predicted molar refractivity (Wildman–Crippen MR) is 69.3 cm³/mol. The van der Waals surface area contributed by atoms with E-state index in [-0.39, 0.29) is 0 Å². The van der Waals surface area contributed by atoms with E-state index in [1.54, 1.807) is 19.0 Å². The van der Waals surface area contributed by atoms with Gasteiger partial charge in [-0.1, -0.05) is 0 Å². The Morgan fingerprint density at radius 2 is 2.06 bits per heavy atom. The lowest BCUT2D eigenvalue weighted by molar-refractivity contribution is -0.404. The molecule has 0 unspecified atom stereocenters. The maximum Gasteiger partial charge on any atom is 0.274 e. The van der Waals surface area contributed by atoms with Crippen LogP contribution in [0.2, 0.25) is 0 Å². The minimum atomic E-state index is -0.467. The monoisotopic (exact) mass is 250 g/mol. The van der Waals surface area contributed by atoms with E-state index in [0.717, 1.165) is 23.2 Å². The zero-order chi connectivity index (χ0) is 13.7. The molecule has 0 fully saturated rings. The van der Waals surface area contributed by atoms with E-state index >= 15 is 0 Å². The number of nitrogens with one attached hydrogen (secondary N) is 1. The summed E-state index contributed by atoms with van der Waals surface area (Å²) < 4.78 is 0. The van der Waals surface area contributed by atoms with Crippen molar-refractivity contribution < 1.29 is 4.92 Å². The van der Waals surface area contributed by atoms with Crippen molar-refractivity contribution in [2.75, 3.05) is 14.1 Å². The van der Waals surface area contributed by atoms with Gasteiger partial charge in [0.25, 0.3) is 6.20 Å². The lowest BCUT2D eigenvalue weighted by Crippen LogP contribution is -2.26. The molecule has 1 aromatic heterocycles. The smallest absolute Gasteiger partial charge is 0.274 e. The molecule has 0 amide bonds. The minimum Gasteiger partial charge on any atom is -0.370 e. The van der Waals surface area contributed by atoms with E-state index in [4.69, 9.17) is 0 Å². The summed E-state index contributed by atoms with van der Waals surface area (Å²) in [5.41, 5.74) is 2.97. The minimum absolute atomic E-state index is 0.465. The van der Waals surface area contributed by atoms with E-state index in [9.17, 15) is 10.1 Å². The number of aryl methyl sites for hydroxylation is 2. The van der Waals surface area contributed by atoms with Gasteiger partial charge in [-0.3, -0.25) is 15.1 Å². The molecule has 0 saturated carbocycles. The van der Waals surface area contributed by atoms with E-state index in [2.05, 4.69) is 10.3 Å². The summed E-state index contributed by atoms with van der Waals surface area (Å²) in [5.74, 6) is 0.465. The first-order valence-corrected chi connectivity index (χ1v) is 5.60. The third kappa shape index (κ3) is 4.04. The van der Waals surface area contributed by atoms with Gasteiger partial charge in [-0.2, -0.15) is 0 Å². The summed E-state index contributed by atoms with van der Waals surface area (Å²) in [6.07, 6.45) is 0.959. The topological polar surface area (TPSA) is 71.3 Å². The number of aromatic nitrogens is 1. The van der Waals surface area contributed by atoms with E-state index in [1.165, 1.54) is 0 Å². The van der Waals surface area contributed by atoms with Gasteiger partial charge in [-0.05, 0) is 31.5 Å². The molecule has 0 spiro atoms. The van der Waals surface area contributed by atoms with Gasteiger partial charge in [0.05, 0.1) is 4.92 Å². The standard InChI is InChI=1S/C12H18N4O2/c1-9-5-11(6-10(2)14-9)7-15(4)12(13-3)8-16(17)18/h5-6,8,13H,7H2,1-4H3. The predicted octanol–water partition coefficient (Wildman–Crippen LogP) is 1.43. The Hall–Kier alpha value is -2.11. The summed E-state index contributed by atoms with van der Waals surface area (Å²) in [6, 6.07) is 3.95. The number of nitro groups is 1. The second-order valence-corrected chi connectivity index (χ2v) is 4.16. The fourth-order valence-electron chi connectivity index (χ4n) is 1.83. The van der Waals surface area contributed by atoms with Crippen LogP contribution in [0.5, 0.6) is 0 Å². The Morgan fingerprint density at radius 3 is 2.50 bits per heavy atom. The lowest BCUT2D eigenvalue weighted by Gasteiger charge is -2.20. The van der Waals surface area contributed by atoms with E-state index in [0.29, 0.717) is 12.4 Å². The number of rotatable bonds is 5. The molecule has 98 valence electrons. The Bertz CT molecular complexity index is 451. The number of nitrogens with zero attached hydrogens (tertiary/aromatic N) is 3. The van der Waals surface area contributed by atoms with Crippen LogP contribution in [0.15, 0.2) is 24.2 Å². The zero-order valence-corrected chi connectivity index (χ0v) is 11.1. The Balaban J connectivity index is 2.85. The molecule has 0 bridgehead atoms. The second-order valence-electron chi connectivity index (χ2n) is 4.16. The van der Waals surface area contributed by atoms with Gasteiger partial charge in [0.15, 0.2) is 5.82 Å². The molecule has 1 aromatic rings. The van der Waals surface area contributed by atoms with Gasteiger partial charge in [0.1, 0.15) is 0 Å². The molecular weight excluding hydrogens is 232 g/mol. The van der Waals surface area contributed by atoms with Gasteiger partial charge in [-0.25, -0.2) is 0 Å². The quantitative estimate of drug-likeness (QED) is 0.632. The molecule has 0 aliphatic rings. The Morgan fingerprint density at radius 1 is 1.50 bits per heavy atom. The van der Waals surface area contributed by atoms with Crippen LogP contribution in [-0.2, 0) is 6.54 Å². The highest BCUT2D eigenvalue weighted by molar-refractivity contribution is 5.20. The van der Waals surface area contributed by atoms with Crippen molar-refractivity contribution in [3.63, 3.8) is 0 Å². The molecule has 0 atom stereocenters. The first-order valence-electron chi connectivity index (χ1n) is 5.60. The highest BCUT2D eigenvalue weighted by Gasteiger charge is 2.08. The van der Waals surface area contributed by atoms with E-state index in [1.807, 2.05) is 26.0 Å². The van der Waals surface area contributed by atoms with Crippen LogP contribution < -0.4 is 5.32 Å². The summed E-state index contributed by atoms with van der Waals surface area (Å²) >= 11 is 0. The number of hydrogen-bond acceptors (Lipinski definition) is 5. The Kier molecular flexibility index (Phi) is 4.65. The fourth-order valence-corrected chi connectivity index (χ4v) is 1.83. The van der Waals surface area contributed by atoms with Crippen molar-refractivity contribution in [2.45, 2.75) is 20.4 Å². The van der Waals surface area contributed by atoms with Crippen LogP contribution >= 0.6 is 0 Å². The van der Waals surface area contributed by atoms with Crippen LogP contribution in [0, 0.1) is 24.0 Å². The average molecular weight is 250 g/mol. The molecule has 0 aromatic carbocycles. The van der Waals surface area contributed by atoms with Gasteiger partial charge in [-0.15, -0.1) is 0 Å². The molecule has 1 N–H and O–H groups in total. The molecule has 6 heteroatoms. The maximum atomic E-state index is 10.5. The normalized spacial score (nSPS) is 11.2. The summed E-state index contributed by atoms with van der Waals surface area (Å²) in [5, 5.41) is 13.3. The molecule has 0 aliphatic heterocycles. The molecule has 0 saturated heterocycles. The maximum absolute atomic E-state index is 10.5. The molecule has 6 nitrogen and oxygen atoms in total. The molecule has 0 radical (unpaired) electrons. The summed E-state index contributed by atoms with van der Waals surface area (Å²) in [6.45, 7) is 4.45. The summed E-state index contributed by atoms with van der Waals surface area (Å²) in [7, 11) is 3.46. The summed E-state index contributed by atoms with van der Waals surface area (Å²) in [4.78, 5) is 16.1. The van der Waals surface area contributed by atoms with Gasteiger partial charge in [0, 0.05) is 32.0 Å². The highest BCUT2D eigenvalue weighted by atomic mass is 16.6. The first kappa shape index (κ1) is 14.0. The van der Waals surface area contributed by atoms with Crippen LogP contribution in [0.4, 0.5) is 0 Å². The third-order valence-corrected chi connectivity index (χ3v) is 2.46. The Labute approximate surface area is 106 Å². The van der Waals surface area contributed by atoms with Crippen LogP contribution in [0.3, 0.4) is 0 Å². The molecule has 1 rings (SSSR count). The fraction of sp³-hybridized carbons (Fsp3) is 0.417. The van der Waals surface area contributed by atoms with Crippen molar-refractivity contribution in [3.8, 4) is 0 Å². The van der Waals surface area contributed by atoms with Crippen molar-refractivity contribution >= 4 is 0 Å². The highest BCUT2D eigenvalue weighted by Crippen LogP contribution is 2.10. The molecule has 0 aliphatic carbocycles. The van der Waals surface area contributed by atoms with Gasteiger partial charge >= 0.3 is 0 Å². The van der Waals surface area contributed by atoms with Gasteiger partial charge in [0.2, 0.25) is 0 Å². The van der Waals surface area contributed by atoms with Crippen molar-refractivity contribution in [2.24, 2.45) is 0 Å². The van der Waals surface area contributed by atoms with Gasteiger partial charge < -0.3 is 10.2 Å². The number of pyridine rings is 1. The molecule has 18 heavy (non-hydrogen) atoms. The van der Waals surface area contributed by atoms with Crippen LogP contribution in [-0.4, -0.2) is 28.9 Å². The third-order valence-electron chi connectivity index (χ3n) is 2.46. The SMILES string of the molecule is CNC(=C[N+](=O)[O-])N(C)Cc1cc(C)nc(C)c1. The van der Waals surface area contributed by atoms with Crippen LogP contribution in [0.25, 0.3) is 0 Å². The largest absolute Gasteiger partial charge is 0.370 e. The molecular formula is C12H18N4O2.